The van der Waals surface area contributed by atoms with Crippen molar-refractivity contribution in [1.29, 1.82) is 0 Å². The van der Waals surface area contributed by atoms with Gasteiger partial charge in [0.05, 0.1) is 25.5 Å². The monoisotopic (exact) mass is 431 g/mol. The summed E-state index contributed by atoms with van der Waals surface area (Å²) in [5.41, 5.74) is 1.52. The van der Waals surface area contributed by atoms with Gasteiger partial charge in [0.2, 0.25) is 0 Å². The highest BCUT2D eigenvalue weighted by Crippen LogP contribution is 2.27. The Balaban J connectivity index is 1.40. The number of ether oxygens (including phenoxy) is 2. The molecule has 0 unspecified atom stereocenters. The van der Waals surface area contributed by atoms with E-state index >= 15 is 0 Å². The molecule has 0 spiro atoms. The highest BCUT2D eigenvalue weighted by Gasteiger charge is 2.21. The van der Waals surface area contributed by atoms with E-state index in [-0.39, 0.29) is 6.10 Å². The van der Waals surface area contributed by atoms with Crippen LogP contribution in [0.2, 0.25) is 5.02 Å². The number of halogens is 1. The van der Waals surface area contributed by atoms with Crippen molar-refractivity contribution in [3.63, 3.8) is 0 Å². The van der Waals surface area contributed by atoms with Crippen LogP contribution in [0.5, 0.6) is 5.75 Å². The largest absolute Gasteiger partial charge is 0.495 e. The SMILES string of the molecule is COc1ccc(Cl)cc1NC(=O)C(=O)NCCCN1CCO[C@@H](c2ccccc2)C1. The topological polar surface area (TPSA) is 79.9 Å². The summed E-state index contributed by atoms with van der Waals surface area (Å²) in [6.07, 6.45) is 0.800. The number of carbonyl (C=O) groups excluding carboxylic acids is 2. The first-order valence-corrected chi connectivity index (χ1v) is 10.3. The molecule has 2 aromatic rings. The van der Waals surface area contributed by atoms with Gasteiger partial charge in [-0.05, 0) is 30.2 Å². The molecule has 2 amide bonds. The van der Waals surface area contributed by atoms with E-state index in [0.29, 0.717) is 29.6 Å². The van der Waals surface area contributed by atoms with Crippen LogP contribution in [0.15, 0.2) is 48.5 Å². The molecule has 0 saturated carbocycles. The molecule has 3 rings (SSSR count). The van der Waals surface area contributed by atoms with Crippen molar-refractivity contribution in [2.24, 2.45) is 0 Å². The van der Waals surface area contributed by atoms with Crippen LogP contribution in [0, 0.1) is 0 Å². The third kappa shape index (κ3) is 6.19. The summed E-state index contributed by atoms with van der Waals surface area (Å²) in [5.74, 6) is -1.02. The van der Waals surface area contributed by atoms with Gasteiger partial charge in [0.1, 0.15) is 5.75 Å². The second kappa shape index (κ2) is 11.0. The molecule has 160 valence electrons. The van der Waals surface area contributed by atoms with E-state index in [1.807, 2.05) is 18.2 Å². The fourth-order valence-electron chi connectivity index (χ4n) is 3.32. The zero-order valence-electron chi connectivity index (χ0n) is 16.9. The fraction of sp³-hybridized carbons (Fsp3) is 0.364. The molecular formula is C22H26ClN3O4. The van der Waals surface area contributed by atoms with Gasteiger partial charge in [-0.2, -0.15) is 0 Å². The van der Waals surface area contributed by atoms with Gasteiger partial charge in [0, 0.05) is 31.2 Å². The molecule has 0 aliphatic carbocycles. The number of hydrogen-bond donors (Lipinski definition) is 2. The zero-order valence-corrected chi connectivity index (χ0v) is 17.7. The number of amides is 2. The molecule has 1 aliphatic heterocycles. The highest BCUT2D eigenvalue weighted by molar-refractivity contribution is 6.40. The number of nitrogens with one attached hydrogen (secondary N) is 2. The maximum atomic E-state index is 12.1. The third-order valence-corrected chi connectivity index (χ3v) is 5.11. The van der Waals surface area contributed by atoms with Crippen LogP contribution in [0.3, 0.4) is 0 Å². The molecule has 0 aromatic heterocycles. The summed E-state index contributed by atoms with van der Waals surface area (Å²) in [6.45, 7) is 3.57. The van der Waals surface area contributed by atoms with Crippen molar-refractivity contribution in [2.75, 3.05) is 45.2 Å². The number of benzene rings is 2. The van der Waals surface area contributed by atoms with Crippen LogP contribution < -0.4 is 15.4 Å². The lowest BCUT2D eigenvalue weighted by Crippen LogP contribution is -2.41. The van der Waals surface area contributed by atoms with Gasteiger partial charge in [0.15, 0.2) is 0 Å². The predicted molar refractivity (Wildman–Crippen MR) is 116 cm³/mol. The molecule has 1 saturated heterocycles. The number of rotatable bonds is 7. The molecule has 0 bridgehead atoms. The molecule has 8 heteroatoms. The number of morpholine rings is 1. The maximum absolute atomic E-state index is 12.1. The van der Waals surface area contributed by atoms with E-state index in [9.17, 15) is 9.59 Å². The quantitative estimate of drug-likeness (QED) is 0.520. The molecule has 0 radical (unpaired) electrons. The summed E-state index contributed by atoms with van der Waals surface area (Å²) in [6, 6.07) is 15.0. The van der Waals surface area contributed by atoms with Gasteiger partial charge < -0.3 is 20.1 Å². The van der Waals surface area contributed by atoms with Crippen LogP contribution in [-0.2, 0) is 14.3 Å². The average molecular weight is 432 g/mol. The van der Waals surface area contributed by atoms with Crippen LogP contribution in [0.25, 0.3) is 0 Å². The second-order valence-corrected chi connectivity index (χ2v) is 7.42. The van der Waals surface area contributed by atoms with E-state index < -0.39 is 11.8 Å². The second-order valence-electron chi connectivity index (χ2n) is 6.98. The first kappa shape index (κ1) is 22.1. The Morgan fingerprint density at radius 2 is 2.00 bits per heavy atom. The Morgan fingerprint density at radius 3 is 2.77 bits per heavy atom. The first-order valence-electron chi connectivity index (χ1n) is 9.88. The lowest BCUT2D eigenvalue weighted by atomic mass is 10.1. The molecule has 1 heterocycles. The summed E-state index contributed by atoms with van der Waals surface area (Å²) in [7, 11) is 1.48. The van der Waals surface area contributed by atoms with Crippen molar-refractivity contribution >= 4 is 29.1 Å². The van der Waals surface area contributed by atoms with Crippen molar-refractivity contribution in [1.82, 2.24) is 10.2 Å². The molecule has 1 atom stereocenters. The zero-order chi connectivity index (χ0) is 21.3. The number of methoxy groups -OCH3 is 1. The average Bonchev–Trinajstić information content (AvgIpc) is 2.77. The van der Waals surface area contributed by atoms with Crippen molar-refractivity contribution in [3.05, 3.63) is 59.1 Å². The summed E-state index contributed by atoms with van der Waals surface area (Å²) in [4.78, 5) is 26.5. The lowest BCUT2D eigenvalue weighted by Gasteiger charge is -2.33. The van der Waals surface area contributed by atoms with Gasteiger partial charge in [-0.15, -0.1) is 0 Å². The highest BCUT2D eigenvalue weighted by atomic mass is 35.5. The Hall–Kier alpha value is -2.61. The predicted octanol–water partition coefficient (Wildman–Crippen LogP) is 2.87. The van der Waals surface area contributed by atoms with E-state index in [0.717, 1.165) is 26.1 Å². The minimum absolute atomic E-state index is 0.0630. The Kier molecular flexibility index (Phi) is 8.07. The number of hydrogen-bond acceptors (Lipinski definition) is 5. The number of nitrogens with zero attached hydrogens (tertiary/aromatic N) is 1. The molecule has 2 N–H and O–H groups in total. The number of carbonyl (C=O) groups is 2. The summed E-state index contributed by atoms with van der Waals surface area (Å²) < 4.78 is 11.0. The first-order chi connectivity index (χ1) is 14.6. The lowest BCUT2D eigenvalue weighted by molar-refractivity contribution is -0.136. The van der Waals surface area contributed by atoms with Gasteiger partial charge in [-0.25, -0.2) is 0 Å². The standard InChI is InChI=1S/C22H26ClN3O4/c1-29-19-9-8-17(23)14-18(19)25-22(28)21(27)24-10-5-11-26-12-13-30-20(15-26)16-6-3-2-4-7-16/h2-4,6-9,14,20H,5,10-13,15H2,1H3,(H,24,27)(H,25,28)/t20-/m1/s1. The van der Waals surface area contributed by atoms with Crippen LogP contribution in [0.4, 0.5) is 5.69 Å². The molecule has 7 nitrogen and oxygen atoms in total. The number of anilines is 1. The summed E-state index contributed by atoms with van der Waals surface area (Å²) in [5, 5.41) is 5.62. The van der Waals surface area contributed by atoms with E-state index in [1.54, 1.807) is 12.1 Å². The maximum Gasteiger partial charge on any atom is 0.313 e. The van der Waals surface area contributed by atoms with Gasteiger partial charge >= 0.3 is 11.8 Å². The van der Waals surface area contributed by atoms with Crippen molar-refractivity contribution in [2.45, 2.75) is 12.5 Å². The molecule has 2 aromatic carbocycles. The normalized spacial score (nSPS) is 16.7. The van der Waals surface area contributed by atoms with Crippen LogP contribution in [-0.4, -0.2) is 56.6 Å². The molecule has 30 heavy (non-hydrogen) atoms. The molecule has 1 aliphatic rings. The van der Waals surface area contributed by atoms with E-state index in [2.05, 4.69) is 27.7 Å². The minimum Gasteiger partial charge on any atom is -0.495 e. The van der Waals surface area contributed by atoms with E-state index in [4.69, 9.17) is 21.1 Å². The van der Waals surface area contributed by atoms with Crippen molar-refractivity contribution < 1.29 is 19.1 Å². The third-order valence-electron chi connectivity index (χ3n) is 4.87. The summed E-state index contributed by atoms with van der Waals surface area (Å²) >= 11 is 5.94. The smallest absolute Gasteiger partial charge is 0.313 e. The molecule has 1 fully saturated rings. The Labute approximate surface area is 181 Å². The van der Waals surface area contributed by atoms with E-state index in [1.165, 1.54) is 18.7 Å². The molecular weight excluding hydrogens is 406 g/mol. The van der Waals surface area contributed by atoms with Gasteiger partial charge in [0.25, 0.3) is 0 Å². The fourth-order valence-corrected chi connectivity index (χ4v) is 3.49. The van der Waals surface area contributed by atoms with Gasteiger partial charge in [-0.3, -0.25) is 14.5 Å². The van der Waals surface area contributed by atoms with Crippen molar-refractivity contribution in [3.8, 4) is 5.75 Å². The Bertz CT molecular complexity index is 863. The Morgan fingerprint density at radius 1 is 1.20 bits per heavy atom. The minimum atomic E-state index is -0.758. The van der Waals surface area contributed by atoms with Crippen LogP contribution in [0.1, 0.15) is 18.1 Å². The van der Waals surface area contributed by atoms with Crippen LogP contribution >= 0.6 is 11.6 Å². The van der Waals surface area contributed by atoms with Gasteiger partial charge in [-0.1, -0.05) is 41.9 Å².